The summed E-state index contributed by atoms with van der Waals surface area (Å²) >= 11 is 3.61. The zero-order valence-electron chi connectivity index (χ0n) is 8.25. The molecular weight excluding hydrogens is 258 g/mol. The predicted molar refractivity (Wildman–Crippen MR) is 60.5 cm³/mol. The molecule has 0 amide bonds. The third kappa shape index (κ3) is 1.52. The van der Waals surface area contributed by atoms with E-state index in [9.17, 15) is 0 Å². The van der Waals surface area contributed by atoms with Crippen LogP contribution >= 0.6 is 15.9 Å². The Labute approximate surface area is 96.9 Å². The fourth-order valence-electron chi connectivity index (χ4n) is 2.19. The fourth-order valence-corrected chi connectivity index (χ4v) is 2.95. The van der Waals surface area contributed by atoms with Gasteiger partial charge in [-0.25, -0.2) is 0 Å². The maximum atomic E-state index is 5.44. The molecule has 0 saturated carbocycles. The van der Waals surface area contributed by atoms with Gasteiger partial charge in [-0.3, -0.25) is 0 Å². The average Bonchev–Trinajstić information content (AvgIpc) is 2.87. The fraction of sp³-hybridized carbons (Fsp3) is 0.455. The summed E-state index contributed by atoms with van der Waals surface area (Å²) in [7, 11) is 0. The van der Waals surface area contributed by atoms with E-state index in [2.05, 4.69) is 27.3 Å². The molecule has 3 rings (SSSR count). The highest BCUT2D eigenvalue weighted by Crippen LogP contribution is 2.43. The summed E-state index contributed by atoms with van der Waals surface area (Å²) < 4.78 is 11.8. The van der Waals surface area contributed by atoms with E-state index in [0.717, 1.165) is 29.1 Å². The van der Waals surface area contributed by atoms with Gasteiger partial charge in [-0.1, -0.05) is 6.07 Å². The van der Waals surface area contributed by atoms with Gasteiger partial charge in [0.1, 0.15) is 0 Å². The minimum Gasteiger partial charge on any atom is -0.454 e. The second-order valence-electron chi connectivity index (χ2n) is 3.89. The minimum atomic E-state index is 0.334. The third-order valence-electron chi connectivity index (χ3n) is 3.01. The first-order chi connectivity index (χ1) is 7.36. The van der Waals surface area contributed by atoms with Crippen molar-refractivity contribution in [2.75, 3.05) is 19.9 Å². The first-order valence-corrected chi connectivity index (χ1v) is 5.94. The number of ether oxygens (including phenoxy) is 2. The van der Waals surface area contributed by atoms with Crippen LogP contribution in [0.15, 0.2) is 16.6 Å². The first-order valence-electron chi connectivity index (χ1n) is 5.15. The van der Waals surface area contributed by atoms with E-state index < -0.39 is 0 Å². The third-order valence-corrected chi connectivity index (χ3v) is 3.83. The molecule has 0 aromatic heterocycles. The van der Waals surface area contributed by atoms with E-state index in [1.807, 2.05) is 6.07 Å². The van der Waals surface area contributed by atoms with Crippen LogP contribution in [0.25, 0.3) is 0 Å². The van der Waals surface area contributed by atoms with Gasteiger partial charge in [0.25, 0.3) is 0 Å². The number of hydrogen-bond donors (Lipinski definition) is 1. The molecule has 1 N–H and O–H groups in total. The van der Waals surface area contributed by atoms with Gasteiger partial charge in [-0.2, -0.15) is 0 Å². The lowest BCUT2D eigenvalue weighted by atomic mass is 9.98. The average molecular weight is 270 g/mol. The Morgan fingerprint density at radius 2 is 2.27 bits per heavy atom. The van der Waals surface area contributed by atoms with Crippen molar-refractivity contribution in [3.63, 3.8) is 0 Å². The van der Waals surface area contributed by atoms with E-state index in [4.69, 9.17) is 9.47 Å². The van der Waals surface area contributed by atoms with Crippen molar-refractivity contribution < 1.29 is 9.47 Å². The summed E-state index contributed by atoms with van der Waals surface area (Å²) in [5, 5.41) is 3.37. The standard InChI is InChI=1S/C11H12BrNO2/c12-10-8(7-3-4-13-5-7)1-2-9-11(10)15-6-14-9/h1-2,7,13H,3-6H2. The van der Waals surface area contributed by atoms with Crippen LogP contribution in [0.4, 0.5) is 0 Å². The summed E-state index contributed by atoms with van der Waals surface area (Å²) in [5.74, 6) is 2.30. The molecule has 15 heavy (non-hydrogen) atoms. The van der Waals surface area contributed by atoms with Crippen LogP contribution in [0, 0.1) is 0 Å². The summed E-state index contributed by atoms with van der Waals surface area (Å²) in [4.78, 5) is 0. The molecule has 3 nitrogen and oxygen atoms in total. The van der Waals surface area contributed by atoms with Crippen molar-refractivity contribution >= 4 is 15.9 Å². The van der Waals surface area contributed by atoms with Crippen molar-refractivity contribution in [1.29, 1.82) is 0 Å². The van der Waals surface area contributed by atoms with Crippen LogP contribution in [0.2, 0.25) is 0 Å². The Morgan fingerprint density at radius 3 is 3.07 bits per heavy atom. The molecule has 2 aliphatic rings. The monoisotopic (exact) mass is 269 g/mol. The molecule has 1 atom stereocenters. The lowest BCUT2D eigenvalue weighted by Crippen LogP contribution is -2.08. The highest BCUT2D eigenvalue weighted by molar-refractivity contribution is 9.10. The first kappa shape index (κ1) is 9.48. The summed E-state index contributed by atoms with van der Waals surface area (Å²) in [6.07, 6.45) is 1.19. The normalized spacial score (nSPS) is 23.4. The number of rotatable bonds is 1. The Hall–Kier alpha value is -0.740. The Bertz CT molecular complexity index is 388. The molecule has 1 unspecified atom stereocenters. The minimum absolute atomic E-state index is 0.334. The maximum absolute atomic E-state index is 5.44. The summed E-state index contributed by atoms with van der Waals surface area (Å²) in [6.45, 7) is 2.49. The van der Waals surface area contributed by atoms with Crippen molar-refractivity contribution in [1.82, 2.24) is 5.32 Å². The zero-order chi connectivity index (χ0) is 10.3. The van der Waals surface area contributed by atoms with Crippen LogP contribution in [0.3, 0.4) is 0 Å². The Kier molecular flexibility index (Phi) is 2.33. The number of fused-ring (bicyclic) bond motifs is 1. The van der Waals surface area contributed by atoms with E-state index in [1.54, 1.807) is 0 Å². The van der Waals surface area contributed by atoms with Gasteiger partial charge in [0.15, 0.2) is 11.5 Å². The van der Waals surface area contributed by atoms with Gasteiger partial charge in [0.05, 0.1) is 4.47 Å². The van der Waals surface area contributed by atoms with Crippen molar-refractivity contribution in [3.8, 4) is 11.5 Å². The lowest BCUT2D eigenvalue weighted by Gasteiger charge is -2.12. The van der Waals surface area contributed by atoms with Crippen molar-refractivity contribution in [3.05, 3.63) is 22.2 Å². The molecule has 1 aromatic rings. The highest BCUT2D eigenvalue weighted by Gasteiger charge is 2.25. The molecule has 0 aliphatic carbocycles. The van der Waals surface area contributed by atoms with Crippen molar-refractivity contribution in [2.24, 2.45) is 0 Å². The zero-order valence-corrected chi connectivity index (χ0v) is 9.84. The van der Waals surface area contributed by atoms with Gasteiger partial charge in [0, 0.05) is 6.54 Å². The molecule has 1 fully saturated rings. The van der Waals surface area contributed by atoms with Crippen LogP contribution in [0.5, 0.6) is 11.5 Å². The largest absolute Gasteiger partial charge is 0.454 e. The number of hydrogen-bond acceptors (Lipinski definition) is 3. The van der Waals surface area contributed by atoms with Gasteiger partial charge in [0.2, 0.25) is 6.79 Å². The Balaban J connectivity index is 2.01. The van der Waals surface area contributed by atoms with Gasteiger partial charge in [-0.15, -0.1) is 0 Å². The number of benzene rings is 1. The number of nitrogens with one attached hydrogen (secondary N) is 1. The lowest BCUT2D eigenvalue weighted by molar-refractivity contribution is 0.173. The molecule has 1 aromatic carbocycles. The van der Waals surface area contributed by atoms with Crippen LogP contribution in [0.1, 0.15) is 17.9 Å². The molecule has 2 aliphatic heterocycles. The highest BCUT2D eigenvalue weighted by atomic mass is 79.9. The molecule has 2 heterocycles. The quantitative estimate of drug-likeness (QED) is 0.849. The van der Waals surface area contributed by atoms with Crippen LogP contribution < -0.4 is 14.8 Å². The topological polar surface area (TPSA) is 30.5 Å². The van der Waals surface area contributed by atoms with Crippen molar-refractivity contribution in [2.45, 2.75) is 12.3 Å². The summed E-state index contributed by atoms with van der Waals surface area (Å²) in [6, 6.07) is 4.13. The van der Waals surface area contributed by atoms with E-state index in [-0.39, 0.29) is 0 Å². The van der Waals surface area contributed by atoms with Gasteiger partial charge >= 0.3 is 0 Å². The number of halogens is 1. The predicted octanol–water partition coefficient (Wildman–Crippen LogP) is 2.25. The van der Waals surface area contributed by atoms with Crippen LogP contribution in [-0.2, 0) is 0 Å². The van der Waals surface area contributed by atoms with E-state index in [1.165, 1.54) is 12.0 Å². The second-order valence-corrected chi connectivity index (χ2v) is 4.69. The molecule has 0 bridgehead atoms. The molecule has 4 heteroatoms. The van der Waals surface area contributed by atoms with E-state index in [0.29, 0.717) is 12.7 Å². The molecule has 0 spiro atoms. The second kappa shape index (κ2) is 3.68. The van der Waals surface area contributed by atoms with Gasteiger partial charge < -0.3 is 14.8 Å². The summed E-state index contributed by atoms with van der Waals surface area (Å²) in [5.41, 5.74) is 1.32. The van der Waals surface area contributed by atoms with Crippen LogP contribution in [-0.4, -0.2) is 19.9 Å². The molecular formula is C11H12BrNO2. The molecule has 80 valence electrons. The smallest absolute Gasteiger partial charge is 0.231 e. The van der Waals surface area contributed by atoms with Gasteiger partial charge in [-0.05, 0) is 46.4 Å². The molecule has 1 saturated heterocycles. The Morgan fingerprint density at radius 1 is 1.33 bits per heavy atom. The maximum Gasteiger partial charge on any atom is 0.231 e. The SMILES string of the molecule is Brc1c(C2CCNC2)ccc2c1OCO2. The molecule has 0 radical (unpaired) electrons. The van der Waals surface area contributed by atoms with E-state index >= 15 is 0 Å².